The molecule has 4 rings (SSSR count). The number of aryl methyl sites for hydroxylation is 2. The summed E-state index contributed by atoms with van der Waals surface area (Å²) in [6, 6.07) is 1.68. The van der Waals surface area contributed by atoms with Crippen LogP contribution in [0.4, 0.5) is 0 Å². The molecule has 0 radical (unpaired) electrons. The van der Waals surface area contributed by atoms with Gasteiger partial charge in [-0.05, 0) is 44.3 Å². The molecule has 0 atom stereocenters. The molecule has 1 fully saturated rings. The maximum absolute atomic E-state index is 12.3. The summed E-state index contributed by atoms with van der Waals surface area (Å²) in [5.74, 6) is 0.593. The first kappa shape index (κ1) is 15.5. The van der Waals surface area contributed by atoms with Gasteiger partial charge >= 0.3 is 0 Å². The highest BCUT2D eigenvalue weighted by atomic mass is 32.1. The quantitative estimate of drug-likeness (QED) is 0.731. The zero-order chi connectivity index (χ0) is 16.7. The van der Waals surface area contributed by atoms with Crippen LogP contribution in [-0.2, 0) is 13.6 Å². The highest BCUT2D eigenvalue weighted by Gasteiger charge is 2.22. The van der Waals surface area contributed by atoms with Crippen molar-refractivity contribution in [2.24, 2.45) is 7.05 Å². The van der Waals surface area contributed by atoms with Gasteiger partial charge in [0.15, 0.2) is 4.96 Å². The number of piperidine rings is 1. The van der Waals surface area contributed by atoms with Crippen molar-refractivity contribution >= 4 is 16.3 Å². The van der Waals surface area contributed by atoms with Crippen molar-refractivity contribution in [3.05, 3.63) is 51.1 Å². The van der Waals surface area contributed by atoms with E-state index in [2.05, 4.69) is 21.2 Å². The number of hydrogen-bond donors (Lipinski definition) is 0. The first-order chi connectivity index (χ1) is 11.6. The van der Waals surface area contributed by atoms with Crippen LogP contribution in [0, 0.1) is 6.92 Å². The smallest absolute Gasteiger partial charge is 0.259 e. The van der Waals surface area contributed by atoms with Crippen LogP contribution in [0.1, 0.15) is 35.7 Å². The monoisotopic (exact) mass is 343 g/mol. The second kappa shape index (κ2) is 6.14. The van der Waals surface area contributed by atoms with Crippen LogP contribution in [0.5, 0.6) is 0 Å². The van der Waals surface area contributed by atoms with Gasteiger partial charge in [0.05, 0.1) is 11.9 Å². The number of hydrogen-bond acceptors (Lipinski definition) is 5. The Morgan fingerprint density at radius 2 is 2.12 bits per heavy atom. The van der Waals surface area contributed by atoms with Crippen molar-refractivity contribution in [3.63, 3.8) is 0 Å². The molecule has 4 heterocycles. The first-order valence-electron chi connectivity index (χ1n) is 8.28. The molecule has 0 saturated carbocycles. The van der Waals surface area contributed by atoms with Gasteiger partial charge in [0.25, 0.3) is 5.56 Å². The van der Waals surface area contributed by atoms with Gasteiger partial charge in [-0.15, -0.1) is 11.3 Å². The molecule has 126 valence electrons. The van der Waals surface area contributed by atoms with E-state index in [1.54, 1.807) is 10.5 Å². The highest BCUT2D eigenvalue weighted by molar-refractivity contribution is 7.15. The van der Waals surface area contributed by atoms with E-state index in [1.807, 2.05) is 30.2 Å². The summed E-state index contributed by atoms with van der Waals surface area (Å²) in [7, 11) is 1.96. The van der Waals surface area contributed by atoms with Crippen molar-refractivity contribution in [1.82, 2.24) is 24.1 Å². The topological polar surface area (TPSA) is 55.4 Å². The van der Waals surface area contributed by atoms with E-state index in [-0.39, 0.29) is 5.56 Å². The van der Waals surface area contributed by atoms with Gasteiger partial charge in [0.1, 0.15) is 0 Å². The van der Waals surface area contributed by atoms with Gasteiger partial charge in [0.2, 0.25) is 0 Å². The third kappa shape index (κ3) is 2.89. The van der Waals surface area contributed by atoms with Crippen LogP contribution < -0.4 is 5.56 Å². The average Bonchev–Trinajstić information content (AvgIpc) is 3.15. The summed E-state index contributed by atoms with van der Waals surface area (Å²) in [5.41, 5.74) is 3.20. The maximum atomic E-state index is 12.3. The van der Waals surface area contributed by atoms with Crippen molar-refractivity contribution in [1.29, 1.82) is 0 Å². The Bertz CT molecular complexity index is 917. The van der Waals surface area contributed by atoms with Gasteiger partial charge in [-0.2, -0.15) is 5.10 Å². The van der Waals surface area contributed by atoms with Gasteiger partial charge in [0, 0.05) is 36.9 Å². The molecule has 0 spiro atoms. The molecule has 7 heteroatoms. The summed E-state index contributed by atoms with van der Waals surface area (Å²) in [6.07, 6.45) is 6.36. The van der Waals surface area contributed by atoms with Crippen LogP contribution in [0.2, 0.25) is 0 Å². The third-order valence-corrected chi connectivity index (χ3v) is 5.74. The first-order valence-corrected chi connectivity index (χ1v) is 9.16. The standard InChI is InChI=1S/C17H21N5OS/c1-12-11-24-17-19-15(7-16(23)22(12)17)10-21-5-3-13(4-6-21)14-8-18-20(2)9-14/h7-9,11,13H,3-6,10H2,1-2H3. The average molecular weight is 343 g/mol. The molecule has 1 saturated heterocycles. The van der Waals surface area contributed by atoms with Crippen LogP contribution in [0.25, 0.3) is 4.96 Å². The Labute approximate surface area is 144 Å². The fourth-order valence-corrected chi connectivity index (χ4v) is 4.38. The lowest BCUT2D eigenvalue weighted by Gasteiger charge is -2.31. The summed E-state index contributed by atoms with van der Waals surface area (Å²) >= 11 is 1.53. The summed E-state index contributed by atoms with van der Waals surface area (Å²) < 4.78 is 3.56. The number of likely N-dealkylation sites (tertiary alicyclic amines) is 1. The molecular formula is C17H21N5OS. The number of fused-ring (bicyclic) bond motifs is 1. The predicted molar refractivity (Wildman–Crippen MR) is 94.5 cm³/mol. The van der Waals surface area contributed by atoms with Crippen molar-refractivity contribution in [3.8, 4) is 0 Å². The Hall–Kier alpha value is -1.99. The zero-order valence-corrected chi connectivity index (χ0v) is 14.8. The van der Waals surface area contributed by atoms with E-state index >= 15 is 0 Å². The molecule has 0 bridgehead atoms. The van der Waals surface area contributed by atoms with Gasteiger partial charge in [-0.25, -0.2) is 4.98 Å². The number of nitrogens with zero attached hydrogens (tertiary/aromatic N) is 5. The summed E-state index contributed by atoms with van der Waals surface area (Å²) in [5, 5.41) is 6.26. The lowest BCUT2D eigenvalue weighted by molar-refractivity contribution is 0.202. The highest BCUT2D eigenvalue weighted by Crippen LogP contribution is 2.28. The van der Waals surface area contributed by atoms with E-state index in [9.17, 15) is 4.79 Å². The second-order valence-electron chi connectivity index (χ2n) is 6.58. The Morgan fingerprint density at radius 1 is 1.33 bits per heavy atom. The molecule has 3 aromatic rings. The maximum Gasteiger partial charge on any atom is 0.259 e. The van der Waals surface area contributed by atoms with Crippen LogP contribution in [0.3, 0.4) is 0 Å². The molecule has 0 amide bonds. The van der Waals surface area contributed by atoms with E-state index in [1.165, 1.54) is 16.9 Å². The molecule has 3 aromatic heterocycles. The van der Waals surface area contributed by atoms with Crippen LogP contribution >= 0.6 is 11.3 Å². The molecule has 24 heavy (non-hydrogen) atoms. The Morgan fingerprint density at radius 3 is 2.83 bits per heavy atom. The van der Waals surface area contributed by atoms with E-state index < -0.39 is 0 Å². The van der Waals surface area contributed by atoms with Crippen LogP contribution in [0.15, 0.2) is 28.6 Å². The van der Waals surface area contributed by atoms with Crippen LogP contribution in [-0.4, -0.2) is 37.2 Å². The number of rotatable bonds is 3. The summed E-state index contributed by atoms with van der Waals surface area (Å²) in [6.45, 7) is 4.76. The molecular weight excluding hydrogens is 322 g/mol. The minimum absolute atomic E-state index is 0.0268. The van der Waals surface area contributed by atoms with Gasteiger partial charge in [-0.3, -0.25) is 18.8 Å². The summed E-state index contributed by atoms with van der Waals surface area (Å²) in [4.78, 5) is 20.1. The Kier molecular flexibility index (Phi) is 3.97. The molecule has 6 nitrogen and oxygen atoms in total. The van der Waals surface area contributed by atoms with Crippen molar-refractivity contribution < 1.29 is 0 Å². The lowest BCUT2D eigenvalue weighted by atomic mass is 9.91. The predicted octanol–water partition coefficient (Wildman–Crippen LogP) is 2.18. The van der Waals surface area contributed by atoms with Gasteiger partial charge < -0.3 is 0 Å². The molecule has 1 aliphatic rings. The minimum Gasteiger partial charge on any atom is -0.297 e. The SMILES string of the molecule is Cc1csc2nc(CN3CCC(c4cnn(C)c4)CC3)cc(=O)n12. The molecule has 1 aliphatic heterocycles. The van der Waals surface area contributed by atoms with Crippen molar-refractivity contribution in [2.45, 2.75) is 32.2 Å². The minimum atomic E-state index is 0.0268. The lowest BCUT2D eigenvalue weighted by Crippen LogP contribution is -2.33. The van der Waals surface area contributed by atoms with Crippen molar-refractivity contribution in [2.75, 3.05) is 13.1 Å². The van der Waals surface area contributed by atoms with Gasteiger partial charge in [-0.1, -0.05) is 0 Å². The molecule has 0 unspecified atom stereocenters. The second-order valence-corrected chi connectivity index (χ2v) is 7.42. The fraction of sp³-hybridized carbons (Fsp3) is 0.471. The third-order valence-electron chi connectivity index (χ3n) is 4.80. The molecule has 0 aliphatic carbocycles. The van der Waals surface area contributed by atoms with E-state index in [0.29, 0.717) is 5.92 Å². The van der Waals surface area contributed by atoms with E-state index in [4.69, 9.17) is 0 Å². The molecule has 0 aromatic carbocycles. The molecule has 0 N–H and O–H groups in total. The normalized spacial score (nSPS) is 16.9. The largest absolute Gasteiger partial charge is 0.297 e. The fourth-order valence-electron chi connectivity index (χ4n) is 3.49. The van der Waals surface area contributed by atoms with E-state index in [0.717, 1.165) is 48.8 Å². The number of thiazole rings is 1. The number of aromatic nitrogens is 4. The zero-order valence-electron chi connectivity index (χ0n) is 14.0. The Balaban J connectivity index is 1.44.